The molecule has 2 aromatic carbocycles. The van der Waals surface area contributed by atoms with Crippen LogP contribution in [0.25, 0.3) is 0 Å². The van der Waals surface area contributed by atoms with Gasteiger partial charge in [-0.2, -0.15) is 0 Å². The zero-order valence-corrected chi connectivity index (χ0v) is 14.7. The summed E-state index contributed by atoms with van der Waals surface area (Å²) in [6.45, 7) is 0. The number of halogens is 4. The third-order valence-electron chi connectivity index (χ3n) is 3.15. The van der Waals surface area contributed by atoms with Gasteiger partial charge in [0.05, 0.1) is 15.0 Å². The Hall–Kier alpha value is -1.14. The Morgan fingerprint density at radius 3 is 2.00 bits per heavy atom. The van der Waals surface area contributed by atoms with Gasteiger partial charge >= 0.3 is 0 Å². The number of ether oxygens (including phenoxy) is 1. The molecule has 6 heteroatoms. The zero-order valence-electron chi connectivity index (χ0n) is 11.5. The van der Waals surface area contributed by atoms with E-state index in [2.05, 4.69) is 31.9 Å². The first-order valence-electron chi connectivity index (χ1n) is 6.71. The highest BCUT2D eigenvalue weighted by molar-refractivity contribution is 9.10. The number of phenolic OH excluding ortho intramolecular Hbond substituents is 1. The molecule has 0 radical (unpaired) electrons. The monoisotopic (exact) mass is 434 g/mol. The van der Waals surface area contributed by atoms with Crippen LogP contribution < -0.4 is 4.74 Å². The van der Waals surface area contributed by atoms with Gasteiger partial charge in [-0.1, -0.05) is 0 Å². The lowest BCUT2D eigenvalue weighted by Crippen LogP contribution is -2.24. The van der Waals surface area contributed by atoms with Crippen LogP contribution >= 0.6 is 31.9 Å². The normalized spacial score (nSPS) is 13.8. The summed E-state index contributed by atoms with van der Waals surface area (Å²) in [5.41, 5.74) is 0. The molecule has 1 aliphatic carbocycles. The lowest BCUT2D eigenvalue weighted by molar-refractivity contribution is 0.120. The molecule has 0 spiro atoms. The topological polar surface area (TPSA) is 29.5 Å². The van der Waals surface area contributed by atoms with Crippen LogP contribution in [0, 0.1) is 11.6 Å². The molecule has 2 nitrogen and oxygen atoms in total. The molecule has 0 saturated heterocycles. The summed E-state index contributed by atoms with van der Waals surface area (Å²) < 4.78 is 31.8. The van der Waals surface area contributed by atoms with Crippen LogP contribution in [-0.2, 0) is 0 Å². The molecular weight excluding hydrogens is 422 g/mol. The fraction of sp³-hybridized carbons (Fsp3) is 0.250. The Labute approximate surface area is 144 Å². The lowest BCUT2D eigenvalue weighted by Gasteiger charge is -2.26. The Bertz CT molecular complexity index is 646. The molecule has 0 aromatic heterocycles. The fourth-order valence-corrected chi connectivity index (χ4v) is 2.21. The number of phenols is 1. The predicted octanol–water partition coefficient (Wildman–Crippen LogP) is 5.81. The largest absolute Gasteiger partial charge is 0.508 e. The fourth-order valence-electron chi connectivity index (χ4n) is 1.72. The van der Waals surface area contributed by atoms with Crippen molar-refractivity contribution >= 4 is 31.9 Å². The van der Waals surface area contributed by atoms with E-state index in [9.17, 15) is 8.78 Å². The van der Waals surface area contributed by atoms with E-state index in [1.54, 1.807) is 12.1 Å². The van der Waals surface area contributed by atoms with E-state index in [0.29, 0.717) is 20.8 Å². The highest BCUT2D eigenvalue weighted by atomic mass is 79.9. The van der Waals surface area contributed by atoms with E-state index in [1.165, 1.54) is 24.6 Å². The molecule has 0 bridgehead atoms. The minimum Gasteiger partial charge on any atom is -0.508 e. The van der Waals surface area contributed by atoms with E-state index >= 15 is 0 Å². The van der Waals surface area contributed by atoms with Gasteiger partial charge in [0.2, 0.25) is 0 Å². The van der Waals surface area contributed by atoms with E-state index in [0.717, 1.165) is 18.9 Å². The average Bonchev–Trinajstić information content (AvgIpc) is 2.43. The van der Waals surface area contributed by atoms with Crippen molar-refractivity contribution in [2.24, 2.45) is 0 Å². The van der Waals surface area contributed by atoms with E-state index in [-0.39, 0.29) is 11.6 Å². The van der Waals surface area contributed by atoms with Gasteiger partial charge < -0.3 is 9.84 Å². The number of rotatable bonds is 2. The van der Waals surface area contributed by atoms with Gasteiger partial charge in [0, 0.05) is 12.1 Å². The van der Waals surface area contributed by atoms with Gasteiger partial charge in [0.25, 0.3) is 0 Å². The van der Waals surface area contributed by atoms with Gasteiger partial charge in [-0.3, -0.25) is 0 Å². The van der Waals surface area contributed by atoms with Gasteiger partial charge in [-0.25, -0.2) is 8.78 Å². The molecule has 2 aromatic rings. The Balaban J connectivity index is 0.000000172. The van der Waals surface area contributed by atoms with Crippen molar-refractivity contribution in [1.82, 2.24) is 0 Å². The van der Waals surface area contributed by atoms with Crippen molar-refractivity contribution < 1.29 is 18.6 Å². The number of hydrogen-bond donors (Lipinski definition) is 1. The molecule has 0 amide bonds. The van der Waals surface area contributed by atoms with Crippen molar-refractivity contribution in [1.29, 1.82) is 0 Å². The van der Waals surface area contributed by atoms with Crippen LogP contribution in [0.2, 0.25) is 0 Å². The molecule has 3 rings (SSSR count). The van der Waals surface area contributed by atoms with Gasteiger partial charge in [-0.15, -0.1) is 0 Å². The summed E-state index contributed by atoms with van der Waals surface area (Å²) in [7, 11) is 0. The molecule has 1 aliphatic rings. The summed E-state index contributed by atoms with van der Waals surface area (Å²) in [5, 5.41) is 8.68. The second-order valence-electron chi connectivity index (χ2n) is 4.85. The lowest BCUT2D eigenvalue weighted by atomic mass is 9.96. The standard InChI is InChI=1S/C10H10BrFO.C6H4BrFO/c11-9-5-4-8(6-10(9)12)13-7-2-1-3-7;7-5-2-1-4(9)3-6(5)8/h4-7H,1-3H2;1-3,9H. The van der Waals surface area contributed by atoms with Crippen LogP contribution in [0.15, 0.2) is 45.3 Å². The molecule has 118 valence electrons. The van der Waals surface area contributed by atoms with Crippen LogP contribution in [0.5, 0.6) is 11.5 Å². The molecule has 0 aliphatic heterocycles. The summed E-state index contributed by atoms with van der Waals surface area (Å²) >= 11 is 6.04. The Morgan fingerprint density at radius 1 is 0.955 bits per heavy atom. The molecule has 1 saturated carbocycles. The number of hydrogen-bond acceptors (Lipinski definition) is 2. The third-order valence-corrected chi connectivity index (χ3v) is 4.44. The van der Waals surface area contributed by atoms with Gasteiger partial charge in [-0.05, 0) is 75.4 Å². The SMILES string of the molecule is Fc1cc(OC2CCC2)ccc1Br.Oc1ccc(Br)c(F)c1. The summed E-state index contributed by atoms with van der Waals surface area (Å²) in [5.74, 6) is -0.145. The van der Waals surface area contributed by atoms with E-state index in [1.807, 2.05) is 0 Å². The van der Waals surface area contributed by atoms with Crippen molar-refractivity contribution in [3.8, 4) is 11.5 Å². The summed E-state index contributed by atoms with van der Waals surface area (Å²) in [6.07, 6.45) is 3.72. The number of benzene rings is 2. The second kappa shape index (κ2) is 7.92. The average molecular weight is 436 g/mol. The number of aromatic hydroxyl groups is 1. The third kappa shape index (κ3) is 4.95. The Morgan fingerprint density at radius 2 is 1.55 bits per heavy atom. The van der Waals surface area contributed by atoms with E-state index < -0.39 is 5.82 Å². The maximum absolute atomic E-state index is 13.0. The summed E-state index contributed by atoms with van der Waals surface area (Å²) in [6, 6.07) is 8.78. The molecule has 1 fully saturated rings. The van der Waals surface area contributed by atoms with Crippen LogP contribution in [-0.4, -0.2) is 11.2 Å². The van der Waals surface area contributed by atoms with Gasteiger partial charge in [0.1, 0.15) is 23.1 Å². The zero-order chi connectivity index (χ0) is 16.1. The molecule has 0 heterocycles. The molecule has 1 N–H and O–H groups in total. The molecule has 0 atom stereocenters. The highest BCUT2D eigenvalue weighted by Gasteiger charge is 2.19. The van der Waals surface area contributed by atoms with Crippen molar-refractivity contribution in [2.75, 3.05) is 0 Å². The highest BCUT2D eigenvalue weighted by Crippen LogP contribution is 2.27. The summed E-state index contributed by atoms with van der Waals surface area (Å²) in [4.78, 5) is 0. The van der Waals surface area contributed by atoms with E-state index in [4.69, 9.17) is 9.84 Å². The molecule has 22 heavy (non-hydrogen) atoms. The van der Waals surface area contributed by atoms with Crippen molar-refractivity contribution in [3.63, 3.8) is 0 Å². The first-order chi connectivity index (χ1) is 10.5. The van der Waals surface area contributed by atoms with Gasteiger partial charge in [0.15, 0.2) is 0 Å². The maximum atomic E-state index is 13.0. The van der Waals surface area contributed by atoms with Crippen molar-refractivity contribution in [3.05, 3.63) is 57.0 Å². The van der Waals surface area contributed by atoms with Crippen LogP contribution in [0.3, 0.4) is 0 Å². The smallest absolute Gasteiger partial charge is 0.141 e. The minimum absolute atomic E-state index is 0.0595. The van der Waals surface area contributed by atoms with Crippen LogP contribution in [0.4, 0.5) is 8.78 Å². The first kappa shape index (κ1) is 17.2. The quantitative estimate of drug-likeness (QED) is 0.644. The predicted molar refractivity (Wildman–Crippen MR) is 88.1 cm³/mol. The molecular formula is C16H14Br2F2O2. The molecule has 0 unspecified atom stereocenters. The first-order valence-corrected chi connectivity index (χ1v) is 8.30. The Kier molecular flexibility index (Phi) is 6.20. The second-order valence-corrected chi connectivity index (χ2v) is 6.55. The van der Waals surface area contributed by atoms with Crippen molar-refractivity contribution in [2.45, 2.75) is 25.4 Å². The maximum Gasteiger partial charge on any atom is 0.141 e. The van der Waals surface area contributed by atoms with Crippen LogP contribution in [0.1, 0.15) is 19.3 Å². The minimum atomic E-state index is -0.449.